The average Bonchev–Trinajstić information content (AvgIpc) is 2.81. The molecule has 0 fully saturated rings. The van der Waals surface area contributed by atoms with Crippen LogP contribution in [0.1, 0.15) is 37.6 Å². The Kier molecular flexibility index (Phi) is 5.49. The van der Waals surface area contributed by atoms with Crippen molar-refractivity contribution in [2.24, 2.45) is 0 Å². The van der Waals surface area contributed by atoms with Crippen LogP contribution in [0.15, 0.2) is 17.5 Å². The maximum atomic E-state index is 11.3. The average molecular weight is 241 g/mol. The number of thiophene rings is 1. The molecule has 3 nitrogen and oxygen atoms in total. The minimum atomic E-state index is -0.172. The van der Waals surface area contributed by atoms with Crippen molar-refractivity contribution in [2.45, 2.75) is 38.8 Å². The van der Waals surface area contributed by atoms with Crippen LogP contribution in [0.5, 0.6) is 0 Å². The van der Waals surface area contributed by atoms with Crippen molar-refractivity contribution in [3.05, 3.63) is 22.4 Å². The van der Waals surface area contributed by atoms with Crippen LogP contribution in [-0.2, 0) is 9.53 Å². The Morgan fingerprint density at radius 1 is 1.62 bits per heavy atom. The van der Waals surface area contributed by atoms with E-state index < -0.39 is 0 Å². The Labute approximate surface area is 101 Å². The summed E-state index contributed by atoms with van der Waals surface area (Å²) in [6.07, 6.45) is 1.43. The van der Waals surface area contributed by atoms with Gasteiger partial charge in [0.25, 0.3) is 0 Å². The van der Waals surface area contributed by atoms with Crippen molar-refractivity contribution < 1.29 is 9.53 Å². The molecule has 0 saturated heterocycles. The highest BCUT2D eigenvalue weighted by molar-refractivity contribution is 7.10. The van der Waals surface area contributed by atoms with Crippen LogP contribution in [0.3, 0.4) is 0 Å². The summed E-state index contributed by atoms with van der Waals surface area (Å²) >= 11 is 1.67. The first-order chi connectivity index (χ1) is 7.67. The molecule has 0 bridgehead atoms. The van der Waals surface area contributed by atoms with Gasteiger partial charge in [-0.15, -0.1) is 11.3 Å². The number of methoxy groups -OCH3 is 1. The number of ether oxygens (including phenoxy) is 1. The predicted molar refractivity (Wildman–Crippen MR) is 66.6 cm³/mol. The minimum absolute atomic E-state index is 0.0717. The molecule has 0 aliphatic rings. The smallest absolute Gasteiger partial charge is 0.307 e. The Bertz CT molecular complexity index is 311. The van der Waals surface area contributed by atoms with Crippen molar-refractivity contribution in [1.29, 1.82) is 0 Å². The molecule has 0 aromatic carbocycles. The first-order valence-electron chi connectivity index (χ1n) is 5.53. The second-order valence-electron chi connectivity index (χ2n) is 3.82. The van der Waals surface area contributed by atoms with Crippen LogP contribution >= 0.6 is 11.3 Å². The fourth-order valence-electron chi connectivity index (χ4n) is 1.44. The van der Waals surface area contributed by atoms with Gasteiger partial charge < -0.3 is 10.1 Å². The molecular weight excluding hydrogens is 222 g/mol. The lowest BCUT2D eigenvalue weighted by molar-refractivity contribution is -0.141. The van der Waals surface area contributed by atoms with E-state index in [1.54, 1.807) is 11.3 Å². The van der Waals surface area contributed by atoms with E-state index in [-0.39, 0.29) is 12.0 Å². The molecule has 0 amide bonds. The third kappa shape index (κ3) is 3.94. The van der Waals surface area contributed by atoms with Gasteiger partial charge in [0.2, 0.25) is 0 Å². The lowest BCUT2D eigenvalue weighted by atomic mass is 10.1. The molecule has 4 heteroatoms. The number of rotatable bonds is 6. The normalized spacial score (nSPS) is 14.4. The summed E-state index contributed by atoms with van der Waals surface area (Å²) in [5.74, 6) is -0.172. The van der Waals surface area contributed by atoms with Gasteiger partial charge in [-0.05, 0) is 24.8 Å². The highest BCUT2D eigenvalue weighted by Gasteiger charge is 2.18. The summed E-state index contributed by atoms with van der Waals surface area (Å²) in [5.41, 5.74) is 0. The van der Waals surface area contributed by atoms with E-state index in [0.29, 0.717) is 12.5 Å². The molecule has 0 aliphatic heterocycles. The highest BCUT2D eigenvalue weighted by atomic mass is 32.1. The first-order valence-corrected chi connectivity index (χ1v) is 6.41. The molecule has 0 aliphatic carbocycles. The Morgan fingerprint density at radius 2 is 2.38 bits per heavy atom. The molecule has 0 radical (unpaired) electrons. The number of hydrogen-bond acceptors (Lipinski definition) is 4. The van der Waals surface area contributed by atoms with Crippen molar-refractivity contribution in [3.63, 3.8) is 0 Å². The van der Waals surface area contributed by atoms with Gasteiger partial charge in [-0.25, -0.2) is 0 Å². The molecule has 0 saturated carbocycles. The highest BCUT2D eigenvalue weighted by Crippen LogP contribution is 2.23. The Balaban J connectivity index is 2.66. The van der Waals surface area contributed by atoms with Gasteiger partial charge in [0.05, 0.1) is 19.6 Å². The zero-order valence-corrected chi connectivity index (χ0v) is 10.8. The van der Waals surface area contributed by atoms with Crippen molar-refractivity contribution in [1.82, 2.24) is 5.32 Å². The number of nitrogens with one attached hydrogen (secondary N) is 1. The standard InChI is InChI=1S/C12H19NO2S/c1-4-9(2)13-10(8-12(14)15-3)11-6-5-7-16-11/h5-7,9-10,13H,4,8H2,1-3H3. The van der Waals surface area contributed by atoms with Crippen LogP contribution in [0.2, 0.25) is 0 Å². The van der Waals surface area contributed by atoms with Gasteiger partial charge >= 0.3 is 5.97 Å². The van der Waals surface area contributed by atoms with E-state index in [0.717, 1.165) is 6.42 Å². The van der Waals surface area contributed by atoms with Crippen molar-refractivity contribution in [3.8, 4) is 0 Å². The van der Waals surface area contributed by atoms with Crippen LogP contribution in [0.4, 0.5) is 0 Å². The second kappa shape index (κ2) is 6.66. The number of esters is 1. The maximum absolute atomic E-state index is 11.3. The summed E-state index contributed by atoms with van der Waals surface area (Å²) in [6.45, 7) is 4.25. The minimum Gasteiger partial charge on any atom is -0.469 e. The summed E-state index contributed by atoms with van der Waals surface area (Å²) in [7, 11) is 1.43. The van der Waals surface area contributed by atoms with E-state index in [4.69, 9.17) is 4.74 Å². The zero-order valence-electron chi connectivity index (χ0n) is 10.0. The van der Waals surface area contributed by atoms with E-state index in [9.17, 15) is 4.79 Å². The van der Waals surface area contributed by atoms with Gasteiger partial charge in [0.1, 0.15) is 0 Å². The summed E-state index contributed by atoms with van der Waals surface area (Å²) in [5, 5.41) is 5.47. The summed E-state index contributed by atoms with van der Waals surface area (Å²) in [4.78, 5) is 12.5. The molecule has 1 aromatic rings. The Hall–Kier alpha value is -0.870. The number of hydrogen-bond donors (Lipinski definition) is 1. The van der Waals surface area contributed by atoms with Crippen LogP contribution in [0, 0.1) is 0 Å². The largest absolute Gasteiger partial charge is 0.469 e. The molecule has 1 heterocycles. The van der Waals surface area contributed by atoms with Gasteiger partial charge in [0.15, 0.2) is 0 Å². The second-order valence-corrected chi connectivity index (χ2v) is 4.80. The van der Waals surface area contributed by atoms with E-state index in [2.05, 4.69) is 19.2 Å². The van der Waals surface area contributed by atoms with Gasteiger partial charge in [-0.2, -0.15) is 0 Å². The predicted octanol–water partition coefficient (Wildman–Crippen LogP) is 2.74. The lowest BCUT2D eigenvalue weighted by Crippen LogP contribution is -2.31. The first kappa shape index (κ1) is 13.2. The molecule has 1 rings (SSSR count). The van der Waals surface area contributed by atoms with Gasteiger partial charge in [-0.3, -0.25) is 4.79 Å². The van der Waals surface area contributed by atoms with Crippen LogP contribution in [-0.4, -0.2) is 19.1 Å². The van der Waals surface area contributed by atoms with Gasteiger partial charge in [0, 0.05) is 10.9 Å². The van der Waals surface area contributed by atoms with E-state index in [1.165, 1.54) is 12.0 Å². The van der Waals surface area contributed by atoms with Crippen molar-refractivity contribution >= 4 is 17.3 Å². The molecule has 1 aromatic heterocycles. The zero-order chi connectivity index (χ0) is 12.0. The van der Waals surface area contributed by atoms with Crippen molar-refractivity contribution in [2.75, 3.05) is 7.11 Å². The molecular formula is C12H19NO2S. The Morgan fingerprint density at radius 3 is 2.88 bits per heavy atom. The molecule has 0 spiro atoms. The number of carbonyl (C=O) groups is 1. The molecule has 16 heavy (non-hydrogen) atoms. The van der Waals surface area contributed by atoms with Crippen LogP contribution in [0.25, 0.3) is 0 Å². The quantitative estimate of drug-likeness (QED) is 0.778. The monoisotopic (exact) mass is 241 g/mol. The molecule has 1 N–H and O–H groups in total. The van der Waals surface area contributed by atoms with Crippen LogP contribution < -0.4 is 5.32 Å². The lowest BCUT2D eigenvalue weighted by Gasteiger charge is -2.20. The summed E-state index contributed by atoms with van der Waals surface area (Å²) in [6, 6.07) is 4.52. The summed E-state index contributed by atoms with van der Waals surface area (Å²) < 4.78 is 4.72. The third-order valence-electron chi connectivity index (χ3n) is 2.58. The molecule has 2 atom stereocenters. The molecule has 2 unspecified atom stereocenters. The SMILES string of the molecule is CCC(C)NC(CC(=O)OC)c1cccs1. The van der Waals surface area contributed by atoms with E-state index >= 15 is 0 Å². The molecule has 90 valence electrons. The fraction of sp³-hybridized carbons (Fsp3) is 0.583. The number of carbonyl (C=O) groups excluding carboxylic acids is 1. The maximum Gasteiger partial charge on any atom is 0.307 e. The third-order valence-corrected chi connectivity index (χ3v) is 3.57. The fourth-order valence-corrected chi connectivity index (χ4v) is 2.23. The van der Waals surface area contributed by atoms with Gasteiger partial charge in [-0.1, -0.05) is 13.0 Å². The van der Waals surface area contributed by atoms with E-state index in [1.807, 2.05) is 17.5 Å². The topological polar surface area (TPSA) is 38.3 Å².